The Bertz CT molecular complexity index is 298. The molecule has 76 valence electrons. The minimum Gasteiger partial charge on any atom is -0.0625 e. The van der Waals surface area contributed by atoms with Crippen LogP contribution in [0.15, 0.2) is 0 Å². The molecule has 0 amide bonds. The average molecular weight is 188 g/mol. The predicted octanol–water partition coefficient (Wildman–Crippen LogP) is 3.32. The van der Waals surface area contributed by atoms with E-state index in [0.717, 1.165) is 17.3 Å². The van der Waals surface area contributed by atoms with Crippen molar-refractivity contribution in [2.24, 2.45) is 46.8 Å². The summed E-state index contributed by atoms with van der Waals surface area (Å²) in [7, 11) is 0. The molecule has 0 aromatic heterocycles. The van der Waals surface area contributed by atoms with Gasteiger partial charge in [0, 0.05) is 0 Å². The Morgan fingerprint density at radius 3 is 2.36 bits per heavy atom. The quantitative estimate of drug-likeness (QED) is 0.637. The van der Waals surface area contributed by atoms with Crippen molar-refractivity contribution >= 4 is 0 Å². The van der Waals surface area contributed by atoms with Crippen LogP contribution in [0.4, 0.5) is 0 Å². The van der Waals surface area contributed by atoms with E-state index >= 15 is 0 Å². The fraction of sp³-hybridized carbons (Fsp3) is 1.00. The molecule has 5 aliphatic rings. The molecule has 0 nitrogen and oxygen atoms in total. The molecule has 1 spiro atoms. The molecule has 0 saturated heterocycles. The lowest BCUT2D eigenvalue weighted by Gasteiger charge is -2.25. The van der Waals surface area contributed by atoms with E-state index in [2.05, 4.69) is 6.92 Å². The summed E-state index contributed by atoms with van der Waals surface area (Å²) in [5.41, 5.74) is 1.10. The Kier molecular flexibility index (Phi) is 0.954. The van der Waals surface area contributed by atoms with Gasteiger partial charge in [-0.2, -0.15) is 0 Å². The van der Waals surface area contributed by atoms with Gasteiger partial charge in [-0.1, -0.05) is 26.2 Å². The standard InChI is InChI=1S/C14H20/c1-7-2-3-8(6-7)4-5-9-10-12-13-11(9)14(10,12)13/h7-13H,2-6H2,1H3. The maximum atomic E-state index is 2.44. The number of fused-ring (bicyclic) bond motifs is 3. The summed E-state index contributed by atoms with van der Waals surface area (Å²) in [6.45, 7) is 2.44. The molecule has 5 fully saturated rings. The van der Waals surface area contributed by atoms with E-state index < -0.39 is 0 Å². The zero-order valence-corrected chi connectivity index (χ0v) is 9.08. The zero-order chi connectivity index (χ0) is 9.08. The first-order valence-corrected chi connectivity index (χ1v) is 6.85. The van der Waals surface area contributed by atoms with E-state index in [9.17, 15) is 0 Å². The molecule has 0 heteroatoms. The topological polar surface area (TPSA) is 0 Å². The van der Waals surface area contributed by atoms with Crippen molar-refractivity contribution < 1.29 is 0 Å². The third-order valence-corrected chi connectivity index (χ3v) is 6.78. The van der Waals surface area contributed by atoms with Crippen LogP contribution in [0.3, 0.4) is 0 Å². The first-order valence-electron chi connectivity index (χ1n) is 6.85. The lowest BCUT2D eigenvalue weighted by atomic mass is 9.80. The predicted molar refractivity (Wildman–Crippen MR) is 55.6 cm³/mol. The molecule has 6 atom stereocenters. The van der Waals surface area contributed by atoms with Crippen molar-refractivity contribution in [1.29, 1.82) is 0 Å². The average Bonchev–Trinajstić information content (AvgIpc) is 2.95. The van der Waals surface area contributed by atoms with Gasteiger partial charge in [0.25, 0.3) is 0 Å². The van der Waals surface area contributed by atoms with E-state index in [1.54, 1.807) is 25.7 Å². The highest BCUT2D eigenvalue weighted by Crippen LogP contribution is 3.14. The monoisotopic (exact) mass is 188 g/mol. The first kappa shape index (κ1) is 7.30. The summed E-state index contributed by atoms with van der Waals surface area (Å²) in [6, 6.07) is 0. The van der Waals surface area contributed by atoms with E-state index in [1.165, 1.54) is 36.0 Å². The van der Waals surface area contributed by atoms with E-state index in [4.69, 9.17) is 0 Å². The van der Waals surface area contributed by atoms with Crippen LogP contribution in [0.5, 0.6) is 0 Å². The Labute approximate surface area is 86.5 Å². The number of hydrogen-bond acceptors (Lipinski definition) is 0. The Balaban J connectivity index is 1.18. The minimum atomic E-state index is 1.05. The summed E-state index contributed by atoms with van der Waals surface area (Å²) in [4.78, 5) is 0. The fourth-order valence-corrected chi connectivity index (χ4v) is 6.09. The molecule has 0 bridgehead atoms. The normalized spacial score (nSPS) is 74.8. The molecule has 0 aliphatic heterocycles. The molecule has 5 saturated carbocycles. The molecule has 14 heavy (non-hydrogen) atoms. The summed E-state index contributed by atoms with van der Waals surface area (Å²) < 4.78 is 0. The third kappa shape index (κ3) is 0.537. The molecule has 6 unspecified atom stereocenters. The lowest BCUT2D eigenvalue weighted by molar-refractivity contribution is 0.236. The van der Waals surface area contributed by atoms with Gasteiger partial charge < -0.3 is 0 Å². The second-order valence-corrected chi connectivity index (χ2v) is 7.13. The summed E-state index contributed by atoms with van der Waals surface area (Å²) >= 11 is 0. The van der Waals surface area contributed by atoms with Crippen molar-refractivity contribution in [3.63, 3.8) is 0 Å². The molecular weight excluding hydrogens is 168 g/mol. The molecule has 0 aromatic rings. The summed E-state index contributed by atoms with van der Waals surface area (Å²) in [6.07, 6.45) is 7.86. The van der Waals surface area contributed by atoms with E-state index in [1.807, 2.05) is 0 Å². The summed E-state index contributed by atoms with van der Waals surface area (Å²) in [5.74, 6) is 8.68. The van der Waals surface area contributed by atoms with Crippen molar-refractivity contribution in [3.05, 3.63) is 0 Å². The van der Waals surface area contributed by atoms with Gasteiger partial charge in [0.15, 0.2) is 0 Å². The van der Waals surface area contributed by atoms with Crippen LogP contribution >= 0.6 is 0 Å². The van der Waals surface area contributed by atoms with Crippen molar-refractivity contribution in [1.82, 2.24) is 0 Å². The van der Waals surface area contributed by atoms with Crippen LogP contribution in [-0.4, -0.2) is 0 Å². The van der Waals surface area contributed by atoms with E-state index in [0.29, 0.717) is 0 Å². The van der Waals surface area contributed by atoms with Crippen LogP contribution in [0.2, 0.25) is 0 Å². The molecule has 0 radical (unpaired) electrons. The van der Waals surface area contributed by atoms with E-state index in [-0.39, 0.29) is 0 Å². The molecule has 0 N–H and O–H groups in total. The highest BCUT2D eigenvalue weighted by molar-refractivity contribution is 5.58. The van der Waals surface area contributed by atoms with Gasteiger partial charge in [0.1, 0.15) is 0 Å². The van der Waals surface area contributed by atoms with Gasteiger partial charge in [-0.05, 0) is 59.7 Å². The van der Waals surface area contributed by atoms with Gasteiger partial charge in [0.05, 0.1) is 0 Å². The zero-order valence-electron chi connectivity index (χ0n) is 9.08. The Morgan fingerprint density at radius 2 is 1.79 bits per heavy atom. The molecule has 5 aliphatic carbocycles. The van der Waals surface area contributed by atoms with Crippen LogP contribution in [0.25, 0.3) is 0 Å². The number of rotatable bonds is 3. The molecular formula is C14H20. The highest BCUT2D eigenvalue weighted by atomic mass is 15.2. The Morgan fingerprint density at radius 1 is 1.00 bits per heavy atom. The third-order valence-electron chi connectivity index (χ3n) is 6.78. The first-order chi connectivity index (χ1) is 6.85. The minimum absolute atomic E-state index is 1.05. The van der Waals surface area contributed by atoms with Gasteiger partial charge in [0.2, 0.25) is 0 Å². The van der Waals surface area contributed by atoms with Gasteiger partial charge in [-0.15, -0.1) is 0 Å². The van der Waals surface area contributed by atoms with Crippen LogP contribution in [-0.2, 0) is 0 Å². The van der Waals surface area contributed by atoms with Gasteiger partial charge in [-0.25, -0.2) is 0 Å². The maximum absolute atomic E-state index is 2.44. The van der Waals surface area contributed by atoms with Gasteiger partial charge in [-0.3, -0.25) is 0 Å². The Hall–Kier alpha value is 0. The second kappa shape index (κ2) is 1.83. The second-order valence-electron chi connectivity index (χ2n) is 7.13. The smallest absolute Gasteiger partial charge is 0.0161 e. The fourth-order valence-electron chi connectivity index (χ4n) is 6.09. The van der Waals surface area contributed by atoms with Crippen LogP contribution in [0.1, 0.15) is 39.0 Å². The van der Waals surface area contributed by atoms with Crippen molar-refractivity contribution in [2.45, 2.75) is 39.0 Å². The van der Waals surface area contributed by atoms with Gasteiger partial charge >= 0.3 is 0 Å². The number of hydrogen-bond donors (Lipinski definition) is 0. The van der Waals surface area contributed by atoms with Crippen molar-refractivity contribution in [2.75, 3.05) is 0 Å². The summed E-state index contributed by atoms with van der Waals surface area (Å²) in [5, 5.41) is 0. The van der Waals surface area contributed by atoms with Crippen molar-refractivity contribution in [3.8, 4) is 0 Å². The molecule has 5 rings (SSSR count). The molecule has 0 heterocycles. The SMILES string of the molecule is CC1CCC(CCC2C3C4C5C2C345)C1. The largest absolute Gasteiger partial charge is 0.0625 e. The highest BCUT2D eigenvalue weighted by Gasteiger charge is 3.12. The van der Waals surface area contributed by atoms with Crippen LogP contribution in [0, 0.1) is 46.8 Å². The van der Waals surface area contributed by atoms with Crippen LogP contribution < -0.4 is 0 Å². The molecule has 0 aromatic carbocycles. The lowest BCUT2D eigenvalue weighted by Crippen LogP contribution is -2.18. The maximum Gasteiger partial charge on any atom is -0.0161 e.